The minimum atomic E-state index is -1.06. The molecule has 2 N–H and O–H groups in total. The van der Waals surface area contributed by atoms with Crippen molar-refractivity contribution < 1.29 is 24.2 Å². The number of carboxylic acid groups (broad SMARTS) is 1. The van der Waals surface area contributed by atoms with Gasteiger partial charge in [0.05, 0.1) is 13.2 Å². The first-order valence-corrected chi connectivity index (χ1v) is 7.05. The molecule has 1 aliphatic rings. The monoisotopic (exact) mass is 301 g/mol. The second-order valence-corrected chi connectivity index (χ2v) is 4.83. The number of urea groups is 1. The van der Waals surface area contributed by atoms with Crippen molar-refractivity contribution in [2.45, 2.75) is 32.4 Å². The third-order valence-electron chi connectivity index (χ3n) is 3.47. The lowest BCUT2D eigenvalue weighted by atomic mass is 10.2. The Morgan fingerprint density at radius 2 is 2.10 bits per heavy atom. The second-order valence-electron chi connectivity index (χ2n) is 4.83. The van der Waals surface area contributed by atoms with Crippen molar-refractivity contribution in [3.05, 3.63) is 0 Å². The largest absolute Gasteiger partial charge is 0.480 e. The molecule has 1 saturated heterocycles. The molecule has 0 radical (unpaired) electrons. The van der Waals surface area contributed by atoms with Crippen LogP contribution >= 0.6 is 0 Å². The van der Waals surface area contributed by atoms with Crippen molar-refractivity contribution in [1.29, 1.82) is 0 Å². The Morgan fingerprint density at radius 1 is 1.43 bits per heavy atom. The van der Waals surface area contributed by atoms with Gasteiger partial charge >= 0.3 is 12.0 Å². The molecule has 0 aromatic carbocycles. The third kappa shape index (κ3) is 4.07. The fraction of sp³-hybridized carbons (Fsp3) is 0.769. The normalized spacial score (nSPS) is 19.8. The van der Waals surface area contributed by atoms with Gasteiger partial charge in [0, 0.05) is 20.1 Å². The van der Waals surface area contributed by atoms with Crippen molar-refractivity contribution in [3.63, 3.8) is 0 Å². The molecule has 0 saturated carbocycles. The number of aliphatic carboxylic acids is 1. The number of carbonyl (C=O) groups excluding carboxylic acids is 2. The first-order chi connectivity index (χ1) is 9.93. The van der Waals surface area contributed by atoms with Gasteiger partial charge in [0.2, 0.25) is 5.91 Å². The predicted molar refractivity (Wildman–Crippen MR) is 74.9 cm³/mol. The van der Waals surface area contributed by atoms with E-state index in [1.165, 1.54) is 16.8 Å². The van der Waals surface area contributed by atoms with Crippen LogP contribution in [0.5, 0.6) is 0 Å². The highest BCUT2D eigenvalue weighted by molar-refractivity contribution is 5.89. The molecule has 1 rings (SSSR count). The van der Waals surface area contributed by atoms with Gasteiger partial charge in [0.25, 0.3) is 0 Å². The van der Waals surface area contributed by atoms with E-state index in [1.807, 2.05) is 0 Å². The number of likely N-dealkylation sites (N-methyl/N-ethyl adjacent to an activating group) is 2. The smallest absolute Gasteiger partial charge is 0.326 e. The van der Waals surface area contributed by atoms with Gasteiger partial charge in [-0.3, -0.25) is 4.79 Å². The molecule has 0 aromatic rings. The van der Waals surface area contributed by atoms with Gasteiger partial charge in [-0.25, -0.2) is 9.59 Å². The second kappa shape index (κ2) is 7.82. The molecule has 2 unspecified atom stereocenters. The van der Waals surface area contributed by atoms with Gasteiger partial charge in [-0.1, -0.05) is 6.92 Å². The first-order valence-electron chi connectivity index (χ1n) is 7.05. The van der Waals surface area contributed by atoms with Gasteiger partial charge < -0.3 is 25.0 Å². The fourth-order valence-corrected chi connectivity index (χ4v) is 2.29. The maximum Gasteiger partial charge on any atom is 0.326 e. The standard InChI is InChI=1S/C13H23N3O5/c1-4-9(12(18)19)15(3)13(20)16-6-7-21-8-10(16)11(17)14-5-2/h9-10H,4-8H2,1-3H3,(H,14,17)(H,18,19). The Balaban J connectivity index is 2.85. The maximum absolute atomic E-state index is 12.5. The maximum atomic E-state index is 12.5. The molecule has 0 aliphatic carbocycles. The summed E-state index contributed by atoms with van der Waals surface area (Å²) in [6.45, 7) is 4.66. The highest BCUT2D eigenvalue weighted by Crippen LogP contribution is 2.13. The molecule has 0 spiro atoms. The van der Waals surface area contributed by atoms with Crippen LogP contribution in [0, 0.1) is 0 Å². The average molecular weight is 301 g/mol. The summed E-state index contributed by atoms with van der Waals surface area (Å²) in [7, 11) is 1.44. The number of nitrogens with one attached hydrogen (secondary N) is 1. The Bertz CT molecular complexity index is 401. The van der Waals surface area contributed by atoms with E-state index in [1.54, 1.807) is 13.8 Å². The summed E-state index contributed by atoms with van der Waals surface area (Å²) in [4.78, 5) is 38.2. The van der Waals surface area contributed by atoms with Crippen LogP contribution < -0.4 is 5.32 Å². The lowest BCUT2D eigenvalue weighted by Crippen LogP contribution is -2.60. The number of carbonyl (C=O) groups is 3. The molecule has 2 atom stereocenters. The molecule has 8 nitrogen and oxygen atoms in total. The number of ether oxygens (including phenoxy) is 1. The first kappa shape index (κ1) is 17.2. The van der Waals surface area contributed by atoms with E-state index in [-0.39, 0.29) is 19.1 Å². The molecule has 1 heterocycles. The molecule has 21 heavy (non-hydrogen) atoms. The van der Waals surface area contributed by atoms with Gasteiger partial charge in [-0.05, 0) is 13.3 Å². The van der Waals surface area contributed by atoms with Crippen molar-refractivity contribution in [2.75, 3.05) is 33.4 Å². The zero-order valence-electron chi connectivity index (χ0n) is 12.7. The zero-order chi connectivity index (χ0) is 16.0. The number of rotatable bonds is 5. The van der Waals surface area contributed by atoms with Gasteiger partial charge in [-0.2, -0.15) is 0 Å². The average Bonchev–Trinajstić information content (AvgIpc) is 2.47. The SMILES string of the molecule is CCNC(=O)C1COCCN1C(=O)N(C)C(CC)C(=O)O. The number of morpholine rings is 1. The summed E-state index contributed by atoms with van der Waals surface area (Å²) < 4.78 is 5.25. The molecule has 0 aromatic heterocycles. The number of hydrogen-bond acceptors (Lipinski definition) is 4. The highest BCUT2D eigenvalue weighted by atomic mass is 16.5. The minimum absolute atomic E-state index is 0.120. The fourth-order valence-electron chi connectivity index (χ4n) is 2.29. The van der Waals surface area contributed by atoms with Gasteiger partial charge in [0.1, 0.15) is 12.1 Å². The Kier molecular flexibility index (Phi) is 6.41. The summed E-state index contributed by atoms with van der Waals surface area (Å²) >= 11 is 0. The molecule has 120 valence electrons. The van der Waals surface area contributed by atoms with Crippen LogP contribution in [0.4, 0.5) is 4.79 Å². The molecule has 8 heteroatoms. The molecule has 3 amide bonds. The van der Waals surface area contributed by atoms with Crippen LogP contribution in [0.15, 0.2) is 0 Å². The number of hydrogen-bond donors (Lipinski definition) is 2. The lowest BCUT2D eigenvalue weighted by molar-refractivity contribution is -0.142. The van der Waals surface area contributed by atoms with E-state index in [4.69, 9.17) is 9.84 Å². The Hall–Kier alpha value is -1.83. The molecular weight excluding hydrogens is 278 g/mol. The summed E-state index contributed by atoms with van der Waals surface area (Å²) in [6.07, 6.45) is 0.299. The van der Waals surface area contributed by atoms with E-state index in [0.29, 0.717) is 19.6 Å². The Labute approximate surface area is 124 Å². The van der Waals surface area contributed by atoms with Crippen LogP contribution in [0.1, 0.15) is 20.3 Å². The van der Waals surface area contributed by atoms with E-state index in [2.05, 4.69) is 5.32 Å². The van der Waals surface area contributed by atoms with Crippen LogP contribution in [0.25, 0.3) is 0 Å². The van der Waals surface area contributed by atoms with Crippen LogP contribution in [-0.2, 0) is 14.3 Å². The van der Waals surface area contributed by atoms with Crippen LogP contribution in [0.2, 0.25) is 0 Å². The summed E-state index contributed by atoms with van der Waals surface area (Å²) in [5.41, 5.74) is 0. The van der Waals surface area contributed by atoms with Crippen molar-refractivity contribution in [3.8, 4) is 0 Å². The van der Waals surface area contributed by atoms with E-state index in [9.17, 15) is 14.4 Å². The van der Waals surface area contributed by atoms with Gasteiger partial charge in [0.15, 0.2) is 0 Å². The quantitative estimate of drug-likeness (QED) is 0.729. The van der Waals surface area contributed by atoms with E-state index < -0.39 is 24.1 Å². The molecular formula is C13H23N3O5. The van der Waals surface area contributed by atoms with Gasteiger partial charge in [-0.15, -0.1) is 0 Å². The topological polar surface area (TPSA) is 99.2 Å². The summed E-state index contributed by atoms with van der Waals surface area (Å²) in [5.74, 6) is -1.35. The molecule has 1 fully saturated rings. The third-order valence-corrected chi connectivity index (χ3v) is 3.47. The lowest BCUT2D eigenvalue weighted by Gasteiger charge is -2.38. The summed E-state index contributed by atoms with van der Waals surface area (Å²) in [5, 5.41) is 11.8. The van der Waals surface area contributed by atoms with Crippen molar-refractivity contribution in [1.82, 2.24) is 15.1 Å². The predicted octanol–water partition coefficient (Wildman–Crippen LogP) is -0.262. The minimum Gasteiger partial charge on any atom is -0.480 e. The number of nitrogens with zero attached hydrogens (tertiary/aromatic N) is 2. The Morgan fingerprint density at radius 3 is 2.62 bits per heavy atom. The van der Waals surface area contributed by atoms with E-state index in [0.717, 1.165) is 0 Å². The van der Waals surface area contributed by atoms with E-state index >= 15 is 0 Å². The van der Waals surface area contributed by atoms with Crippen LogP contribution in [-0.4, -0.2) is 78.2 Å². The summed E-state index contributed by atoms with van der Waals surface area (Å²) in [6, 6.07) is -2.10. The molecule has 0 bridgehead atoms. The number of carboxylic acids is 1. The molecule has 1 aliphatic heterocycles. The highest BCUT2D eigenvalue weighted by Gasteiger charge is 2.36. The van der Waals surface area contributed by atoms with Crippen molar-refractivity contribution in [2.24, 2.45) is 0 Å². The van der Waals surface area contributed by atoms with Crippen molar-refractivity contribution >= 4 is 17.9 Å². The van der Waals surface area contributed by atoms with Crippen LogP contribution in [0.3, 0.4) is 0 Å². The zero-order valence-corrected chi connectivity index (χ0v) is 12.7. The number of amides is 3.